The van der Waals surface area contributed by atoms with Gasteiger partial charge in [-0.25, -0.2) is 0 Å². The highest BCUT2D eigenvalue weighted by Gasteiger charge is 1.93. The van der Waals surface area contributed by atoms with Gasteiger partial charge in [0.2, 0.25) is 0 Å². The molecule has 70 valence electrons. The van der Waals surface area contributed by atoms with Crippen LogP contribution in [0.3, 0.4) is 0 Å². The predicted octanol–water partition coefficient (Wildman–Crippen LogP) is 2.53. The molecule has 0 unspecified atom stereocenters. The summed E-state index contributed by atoms with van der Waals surface area (Å²) in [5.74, 6) is 0.518. The second-order valence-electron chi connectivity index (χ2n) is 3.11. The fourth-order valence-electron chi connectivity index (χ4n) is 0.787. The van der Waals surface area contributed by atoms with Crippen LogP contribution in [0, 0.1) is 5.41 Å². The first-order valence-electron chi connectivity index (χ1n) is 4.51. The molecule has 0 heterocycles. The van der Waals surface area contributed by atoms with E-state index in [1.807, 2.05) is 13.8 Å². The van der Waals surface area contributed by atoms with Crippen LogP contribution in [0.4, 0.5) is 0 Å². The molecule has 0 atom stereocenters. The molecule has 3 heteroatoms. The molecule has 0 amide bonds. The van der Waals surface area contributed by atoms with Crippen molar-refractivity contribution in [3.05, 3.63) is 0 Å². The average Bonchev–Trinajstić information content (AvgIpc) is 2.01. The van der Waals surface area contributed by atoms with Crippen LogP contribution in [0.25, 0.3) is 0 Å². The standard InChI is InChI=1S/C9H19N3/c1-4-5-6-7-9(10)12-11-8(2)3/h4-7H2,1-3H3,(H2,10,12). The van der Waals surface area contributed by atoms with Crippen LogP contribution < -0.4 is 5.43 Å². The van der Waals surface area contributed by atoms with Gasteiger partial charge >= 0.3 is 0 Å². The Bertz CT molecular complexity index is 157. The predicted molar refractivity (Wildman–Crippen MR) is 53.8 cm³/mol. The number of hydrogen-bond donors (Lipinski definition) is 2. The Labute approximate surface area is 74.8 Å². The summed E-state index contributed by atoms with van der Waals surface area (Å²) in [5.41, 5.74) is 3.67. The molecule has 0 radical (unpaired) electrons. The van der Waals surface area contributed by atoms with Gasteiger partial charge in [-0.05, 0) is 20.3 Å². The zero-order valence-corrected chi connectivity index (χ0v) is 8.28. The monoisotopic (exact) mass is 169 g/mol. The third-order valence-electron chi connectivity index (χ3n) is 1.44. The smallest absolute Gasteiger partial charge is 0.114 e. The highest BCUT2D eigenvalue weighted by Crippen LogP contribution is 1.98. The van der Waals surface area contributed by atoms with E-state index in [-0.39, 0.29) is 0 Å². The van der Waals surface area contributed by atoms with Gasteiger partial charge in [0, 0.05) is 12.1 Å². The molecule has 12 heavy (non-hydrogen) atoms. The van der Waals surface area contributed by atoms with Crippen LogP contribution >= 0.6 is 0 Å². The van der Waals surface area contributed by atoms with Gasteiger partial charge in [0.25, 0.3) is 0 Å². The van der Waals surface area contributed by atoms with Crippen LogP contribution in [-0.2, 0) is 0 Å². The Morgan fingerprint density at radius 1 is 1.33 bits per heavy atom. The van der Waals surface area contributed by atoms with Gasteiger partial charge in [0.05, 0.1) is 0 Å². The Hall–Kier alpha value is -0.860. The molecule has 0 saturated heterocycles. The molecule has 0 aromatic carbocycles. The van der Waals surface area contributed by atoms with Crippen LogP contribution in [0.1, 0.15) is 46.5 Å². The largest absolute Gasteiger partial charge is 0.287 e. The van der Waals surface area contributed by atoms with Crippen molar-refractivity contribution in [3.63, 3.8) is 0 Å². The third-order valence-corrected chi connectivity index (χ3v) is 1.44. The Kier molecular flexibility index (Phi) is 6.34. The molecular formula is C9H19N3. The summed E-state index contributed by atoms with van der Waals surface area (Å²) in [6.07, 6.45) is 4.29. The average molecular weight is 169 g/mol. The summed E-state index contributed by atoms with van der Waals surface area (Å²) >= 11 is 0. The van der Waals surface area contributed by atoms with E-state index < -0.39 is 0 Å². The van der Waals surface area contributed by atoms with Gasteiger partial charge in [-0.3, -0.25) is 10.8 Å². The van der Waals surface area contributed by atoms with Gasteiger partial charge in [0.15, 0.2) is 0 Å². The Morgan fingerprint density at radius 3 is 2.50 bits per heavy atom. The van der Waals surface area contributed by atoms with Crippen molar-refractivity contribution in [3.8, 4) is 0 Å². The van der Waals surface area contributed by atoms with E-state index in [9.17, 15) is 0 Å². The summed E-state index contributed by atoms with van der Waals surface area (Å²) in [6, 6.07) is 0. The summed E-state index contributed by atoms with van der Waals surface area (Å²) in [5, 5.41) is 11.4. The number of rotatable bonds is 5. The third kappa shape index (κ3) is 7.25. The lowest BCUT2D eigenvalue weighted by Crippen LogP contribution is -2.16. The van der Waals surface area contributed by atoms with Crippen molar-refractivity contribution in [2.45, 2.75) is 46.5 Å². The highest BCUT2D eigenvalue weighted by atomic mass is 15.3. The fraction of sp³-hybridized carbons (Fsp3) is 0.778. The molecule has 3 nitrogen and oxygen atoms in total. The van der Waals surface area contributed by atoms with Crippen molar-refractivity contribution in [1.82, 2.24) is 5.43 Å². The van der Waals surface area contributed by atoms with Gasteiger partial charge < -0.3 is 0 Å². The van der Waals surface area contributed by atoms with Crippen molar-refractivity contribution in [2.75, 3.05) is 0 Å². The molecule has 0 bridgehead atoms. The first-order chi connectivity index (χ1) is 5.66. The molecule has 0 aromatic heterocycles. The molecule has 0 aliphatic rings. The number of hydrogen-bond acceptors (Lipinski definition) is 2. The van der Waals surface area contributed by atoms with Crippen molar-refractivity contribution < 1.29 is 0 Å². The second-order valence-corrected chi connectivity index (χ2v) is 3.11. The number of unbranched alkanes of at least 4 members (excludes halogenated alkanes) is 2. The zero-order valence-electron chi connectivity index (χ0n) is 8.28. The van der Waals surface area contributed by atoms with Crippen molar-refractivity contribution >= 4 is 11.5 Å². The van der Waals surface area contributed by atoms with Crippen LogP contribution in [-0.4, -0.2) is 11.5 Å². The Morgan fingerprint density at radius 2 is 2.00 bits per heavy atom. The number of nitrogens with zero attached hydrogens (tertiary/aromatic N) is 1. The van der Waals surface area contributed by atoms with Crippen LogP contribution in [0.5, 0.6) is 0 Å². The molecule has 0 rings (SSSR count). The van der Waals surface area contributed by atoms with Gasteiger partial charge in [0.1, 0.15) is 5.84 Å². The second kappa shape index (κ2) is 6.83. The SMILES string of the molecule is CCCCCC(=N)NN=C(C)C. The normalized spacial score (nSPS) is 9.25. The lowest BCUT2D eigenvalue weighted by Gasteiger charge is -2.01. The maximum absolute atomic E-state index is 7.44. The molecule has 2 N–H and O–H groups in total. The lowest BCUT2D eigenvalue weighted by atomic mass is 10.2. The number of nitrogens with one attached hydrogen (secondary N) is 2. The highest BCUT2D eigenvalue weighted by molar-refractivity contribution is 5.83. The molecule has 0 aromatic rings. The minimum Gasteiger partial charge on any atom is -0.287 e. The topological polar surface area (TPSA) is 48.2 Å². The summed E-state index contributed by atoms with van der Waals surface area (Å²) in [7, 11) is 0. The number of amidine groups is 1. The molecule has 0 saturated carbocycles. The van der Waals surface area contributed by atoms with E-state index in [2.05, 4.69) is 17.5 Å². The van der Waals surface area contributed by atoms with Crippen molar-refractivity contribution in [2.24, 2.45) is 5.10 Å². The van der Waals surface area contributed by atoms with E-state index >= 15 is 0 Å². The maximum Gasteiger partial charge on any atom is 0.114 e. The van der Waals surface area contributed by atoms with Crippen LogP contribution in [0.15, 0.2) is 5.10 Å². The van der Waals surface area contributed by atoms with E-state index in [0.29, 0.717) is 5.84 Å². The minimum absolute atomic E-state index is 0.518. The molecular weight excluding hydrogens is 150 g/mol. The van der Waals surface area contributed by atoms with Crippen molar-refractivity contribution in [1.29, 1.82) is 5.41 Å². The lowest BCUT2D eigenvalue weighted by molar-refractivity contribution is 0.728. The summed E-state index contributed by atoms with van der Waals surface area (Å²) < 4.78 is 0. The van der Waals surface area contributed by atoms with E-state index in [0.717, 1.165) is 18.6 Å². The van der Waals surface area contributed by atoms with E-state index in [1.165, 1.54) is 12.8 Å². The Balaban J connectivity index is 3.41. The molecule has 0 aliphatic heterocycles. The quantitative estimate of drug-likeness (QED) is 0.282. The summed E-state index contributed by atoms with van der Waals surface area (Å²) in [4.78, 5) is 0. The molecule has 0 spiro atoms. The zero-order chi connectivity index (χ0) is 9.40. The number of hydrazone groups is 1. The van der Waals surface area contributed by atoms with Gasteiger partial charge in [-0.2, -0.15) is 5.10 Å². The van der Waals surface area contributed by atoms with E-state index in [4.69, 9.17) is 5.41 Å². The summed E-state index contributed by atoms with van der Waals surface area (Å²) in [6.45, 7) is 5.98. The van der Waals surface area contributed by atoms with E-state index in [1.54, 1.807) is 0 Å². The van der Waals surface area contributed by atoms with Gasteiger partial charge in [-0.15, -0.1) is 0 Å². The van der Waals surface area contributed by atoms with Crippen LogP contribution in [0.2, 0.25) is 0 Å². The minimum atomic E-state index is 0.518. The van der Waals surface area contributed by atoms with Gasteiger partial charge in [-0.1, -0.05) is 19.8 Å². The first-order valence-corrected chi connectivity index (χ1v) is 4.51. The fourth-order valence-corrected chi connectivity index (χ4v) is 0.787. The molecule has 0 aliphatic carbocycles. The maximum atomic E-state index is 7.44. The molecule has 0 fully saturated rings. The first kappa shape index (κ1) is 11.1.